The molecule has 0 radical (unpaired) electrons. The van der Waals surface area contributed by atoms with E-state index < -0.39 is 24.4 Å². The number of carbonyl (C=O) groups excluding carboxylic acids is 2. The first-order valence-electron chi connectivity index (χ1n) is 8.50. The number of carboxylic acids is 1. The molecule has 1 aliphatic heterocycles. The molecule has 0 unspecified atom stereocenters. The number of hydrogen-bond acceptors (Lipinski definition) is 6. The zero-order chi connectivity index (χ0) is 21.8. The number of ether oxygens (including phenoxy) is 2. The lowest BCUT2D eigenvalue weighted by Gasteiger charge is -2.29. The van der Waals surface area contributed by atoms with Crippen LogP contribution in [-0.2, 0) is 14.4 Å². The second-order valence-electron chi connectivity index (χ2n) is 6.03. The SMILES string of the molecule is COc1cc(/C=C2/C(=O)NC(=S)N(c3ccc(Br)cc3)C2=O)ccc1OCC(=O)O. The van der Waals surface area contributed by atoms with E-state index in [1.807, 2.05) is 0 Å². The first-order valence-corrected chi connectivity index (χ1v) is 9.70. The molecular formula is C20H15BrN2O6S. The first kappa shape index (κ1) is 21.5. The molecule has 0 aromatic heterocycles. The van der Waals surface area contributed by atoms with Gasteiger partial charge in [-0.25, -0.2) is 4.79 Å². The molecule has 3 rings (SSSR count). The van der Waals surface area contributed by atoms with Crippen LogP contribution >= 0.6 is 28.1 Å². The lowest BCUT2D eigenvalue weighted by Crippen LogP contribution is -2.54. The second-order valence-corrected chi connectivity index (χ2v) is 7.33. The monoisotopic (exact) mass is 490 g/mol. The second kappa shape index (κ2) is 9.06. The minimum absolute atomic E-state index is 0.0144. The van der Waals surface area contributed by atoms with Gasteiger partial charge in [-0.2, -0.15) is 0 Å². The summed E-state index contributed by atoms with van der Waals surface area (Å²) in [7, 11) is 1.39. The highest BCUT2D eigenvalue weighted by atomic mass is 79.9. The van der Waals surface area contributed by atoms with Crippen LogP contribution in [0.15, 0.2) is 52.5 Å². The van der Waals surface area contributed by atoms with Gasteiger partial charge in [-0.3, -0.25) is 19.8 Å². The molecule has 0 aliphatic carbocycles. The summed E-state index contributed by atoms with van der Waals surface area (Å²) in [6.45, 7) is -0.530. The number of carbonyl (C=O) groups is 3. The molecule has 8 nitrogen and oxygen atoms in total. The molecular weight excluding hydrogens is 476 g/mol. The number of methoxy groups -OCH3 is 1. The summed E-state index contributed by atoms with van der Waals surface area (Å²) in [5.41, 5.74) is 0.874. The summed E-state index contributed by atoms with van der Waals surface area (Å²) in [5.74, 6) is -1.84. The van der Waals surface area contributed by atoms with E-state index in [1.165, 1.54) is 30.2 Å². The topological polar surface area (TPSA) is 105 Å². The fraction of sp³-hybridized carbons (Fsp3) is 0.100. The molecule has 0 spiro atoms. The standard InChI is InChI=1S/C20H15BrN2O6S/c1-28-16-9-11(2-7-15(16)29-10-17(24)25)8-14-18(26)22-20(30)23(19(14)27)13-5-3-12(21)4-6-13/h2-9H,10H2,1H3,(H,24,25)(H,22,26,30)/b14-8-. The number of nitrogens with zero attached hydrogens (tertiary/aromatic N) is 1. The van der Waals surface area contributed by atoms with E-state index in [0.29, 0.717) is 11.3 Å². The Bertz CT molecular complexity index is 1070. The van der Waals surface area contributed by atoms with Crippen molar-refractivity contribution in [2.45, 2.75) is 0 Å². The minimum atomic E-state index is -1.13. The van der Waals surface area contributed by atoms with Gasteiger partial charge in [0.25, 0.3) is 11.8 Å². The van der Waals surface area contributed by atoms with Crippen molar-refractivity contribution in [2.75, 3.05) is 18.6 Å². The number of benzene rings is 2. The van der Waals surface area contributed by atoms with Crippen LogP contribution in [0.3, 0.4) is 0 Å². The fourth-order valence-corrected chi connectivity index (χ4v) is 3.23. The van der Waals surface area contributed by atoms with E-state index in [4.69, 9.17) is 26.8 Å². The summed E-state index contributed by atoms with van der Waals surface area (Å²) in [6.07, 6.45) is 1.40. The van der Waals surface area contributed by atoms with Crippen LogP contribution in [0.1, 0.15) is 5.56 Å². The van der Waals surface area contributed by atoms with Crippen molar-refractivity contribution in [3.8, 4) is 11.5 Å². The summed E-state index contributed by atoms with van der Waals surface area (Å²) in [4.78, 5) is 37.3. The van der Waals surface area contributed by atoms with E-state index in [2.05, 4.69) is 21.2 Å². The molecule has 2 aromatic rings. The van der Waals surface area contributed by atoms with Crippen molar-refractivity contribution >= 4 is 62.8 Å². The maximum atomic E-state index is 13.0. The lowest BCUT2D eigenvalue weighted by molar-refractivity contribution is -0.139. The zero-order valence-corrected chi connectivity index (χ0v) is 18.0. The van der Waals surface area contributed by atoms with Crippen LogP contribution in [0.25, 0.3) is 6.08 Å². The highest BCUT2D eigenvalue weighted by Gasteiger charge is 2.34. The van der Waals surface area contributed by atoms with Crippen molar-refractivity contribution in [2.24, 2.45) is 0 Å². The third-order valence-corrected chi connectivity index (χ3v) is 4.85. The molecule has 1 saturated heterocycles. The third kappa shape index (κ3) is 4.66. The summed E-state index contributed by atoms with van der Waals surface area (Å²) < 4.78 is 11.2. The average molecular weight is 491 g/mol. The van der Waals surface area contributed by atoms with Crippen LogP contribution in [0.2, 0.25) is 0 Å². The van der Waals surface area contributed by atoms with Crippen molar-refractivity contribution in [1.29, 1.82) is 0 Å². The van der Waals surface area contributed by atoms with Crippen LogP contribution in [0.5, 0.6) is 11.5 Å². The van der Waals surface area contributed by atoms with E-state index in [0.717, 1.165) is 4.47 Å². The Kier molecular flexibility index (Phi) is 6.48. The predicted octanol–water partition coefficient (Wildman–Crippen LogP) is 2.75. The van der Waals surface area contributed by atoms with Crippen LogP contribution < -0.4 is 19.7 Å². The van der Waals surface area contributed by atoms with Gasteiger partial charge in [-0.15, -0.1) is 0 Å². The molecule has 0 atom stereocenters. The summed E-state index contributed by atoms with van der Waals surface area (Å²) in [5, 5.41) is 11.2. The van der Waals surface area contributed by atoms with Gasteiger partial charge in [0.2, 0.25) is 0 Å². The van der Waals surface area contributed by atoms with Gasteiger partial charge >= 0.3 is 5.97 Å². The smallest absolute Gasteiger partial charge is 0.341 e. The highest BCUT2D eigenvalue weighted by molar-refractivity contribution is 9.10. The lowest BCUT2D eigenvalue weighted by atomic mass is 10.1. The van der Waals surface area contributed by atoms with E-state index >= 15 is 0 Å². The maximum absolute atomic E-state index is 13.0. The Morgan fingerprint density at radius 1 is 1.20 bits per heavy atom. The number of carboxylic acid groups (broad SMARTS) is 1. The van der Waals surface area contributed by atoms with Crippen LogP contribution in [-0.4, -0.2) is 41.7 Å². The molecule has 154 valence electrons. The number of halogens is 1. The molecule has 2 amide bonds. The Balaban J connectivity index is 1.94. The first-order chi connectivity index (χ1) is 14.3. The number of anilines is 1. The van der Waals surface area contributed by atoms with Gasteiger partial charge in [0.1, 0.15) is 5.57 Å². The third-order valence-electron chi connectivity index (χ3n) is 4.04. The van der Waals surface area contributed by atoms with Crippen LogP contribution in [0.4, 0.5) is 5.69 Å². The number of hydrogen-bond donors (Lipinski definition) is 2. The van der Waals surface area contributed by atoms with Gasteiger partial charge in [0.05, 0.1) is 12.8 Å². The van der Waals surface area contributed by atoms with Gasteiger partial charge in [-0.1, -0.05) is 22.0 Å². The number of aliphatic carboxylic acids is 1. The predicted molar refractivity (Wildman–Crippen MR) is 116 cm³/mol. The van der Waals surface area contributed by atoms with Crippen molar-refractivity contribution in [1.82, 2.24) is 5.32 Å². The van der Waals surface area contributed by atoms with Crippen LogP contribution in [0, 0.1) is 0 Å². The highest BCUT2D eigenvalue weighted by Crippen LogP contribution is 2.30. The molecule has 1 aliphatic rings. The Morgan fingerprint density at radius 2 is 1.90 bits per heavy atom. The number of thiocarbonyl (C=S) groups is 1. The van der Waals surface area contributed by atoms with E-state index in [-0.39, 0.29) is 22.2 Å². The summed E-state index contributed by atoms with van der Waals surface area (Å²) in [6, 6.07) is 11.5. The van der Waals surface area contributed by atoms with Gasteiger partial charge in [-0.05, 0) is 60.3 Å². The van der Waals surface area contributed by atoms with Gasteiger partial charge in [0, 0.05) is 4.47 Å². The van der Waals surface area contributed by atoms with Crippen molar-refractivity contribution in [3.63, 3.8) is 0 Å². The largest absolute Gasteiger partial charge is 0.493 e. The molecule has 2 aromatic carbocycles. The number of amides is 2. The normalized spacial score (nSPS) is 15.2. The average Bonchev–Trinajstić information content (AvgIpc) is 2.71. The Morgan fingerprint density at radius 3 is 2.53 bits per heavy atom. The molecule has 0 saturated carbocycles. The maximum Gasteiger partial charge on any atom is 0.341 e. The molecule has 0 bridgehead atoms. The Hall–Kier alpha value is -3.24. The van der Waals surface area contributed by atoms with E-state index in [9.17, 15) is 14.4 Å². The number of nitrogens with one attached hydrogen (secondary N) is 1. The zero-order valence-electron chi connectivity index (χ0n) is 15.5. The Labute approximate surface area is 185 Å². The van der Waals surface area contributed by atoms with Gasteiger partial charge in [0.15, 0.2) is 23.2 Å². The minimum Gasteiger partial charge on any atom is -0.493 e. The van der Waals surface area contributed by atoms with Gasteiger partial charge < -0.3 is 14.6 Å². The summed E-state index contributed by atoms with van der Waals surface area (Å²) >= 11 is 8.50. The molecule has 1 heterocycles. The molecule has 1 fully saturated rings. The van der Waals surface area contributed by atoms with Crippen molar-refractivity contribution in [3.05, 3.63) is 58.1 Å². The number of rotatable bonds is 6. The van der Waals surface area contributed by atoms with Crippen molar-refractivity contribution < 1.29 is 29.0 Å². The molecule has 2 N–H and O–H groups in total. The fourth-order valence-electron chi connectivity index (χ4n) is 2.68. The van der Waals surface area contributed by atoms with E-state index in [1.54, 1.807) is 30.3 Å². The molecule has 10 heteroatoms. The quantitative estimate of drug-likeness (QED) is 0.364. The molecule has 30 heavy (non-hydrogen) atoms.